The summed E-state index contributed by atoms with van der Waals surface area (Å²) in [7, 11) is -3.34. The first-order chi connectivity index (χ1) is 7.41. The third-order valence-corrected chi connectivity index (χ3v) is 3.51. The number of sulfonamides is 1. The zero-order chi connectivity index (χ0) is 12.6. The number of nitrogens with one attached hydrogen (secondary N) is 1. The van der Waals surface area contributed by atoms with E-state index in [0.29, 0.717) is 6.42 Å². The van der Waals surface area contributed by atoms with Crippen molar-refractivity contribution < 1.29 is 23.4 Å². The van der Waals surface area contributed by atoms with Crippen molar-refractivity contribution in [3.63, 3.8) is 0 Å². The van der Waals surface area contributed by atoms with E-state index in [1.807, 2.05) is 6.92 Å². The van der Waals surface area contributed by atoms with Crippen molar-refractivity contribution in [1.82, 2.24) is 4.72 Å². The van der Waals surface area contributed by atoms with Crippen LogP contribution in [0.3, 0.4) is 0 Å². The maximum Gasteiger partial charge on any atom is 0.303 e. The highest BCUT2D eigenvalue weighted by molar-refractivity contribution is 7.89. The number of hydrogen-bond donors (Lipinski definition) is 3. The van der Waals surface area contributed by atoms with E-state index in [1.165, 1.54) is 0 Å². The molecule has 0 radical (unpaired) electrons. The summed E-state index contributed by atoms with van der Waals surface area (Å²) < 4.78 is 25.0. The topological polar surface area (TPSA) is 104 Å². The Hall–Kier alpha value is -0.660. The molecule has 0 amide bonds. The number of carboxylic acids is 1. The van der Waals surface area contributed by atoms with Gasteiger partial charge in [0.05, 0.1) is 12.2 Å². The van der Waals surface area contributed by atoms with E-state index in [9.17, 15) is 13.2 Å². The average Bonchev–Trinajstić information content (AvgIpc) is 2.21. The van der Waals surface area contributed by atoms with Gasteiger partial charge in [0.15, 0.2) is 0 Å². The lowest BCUT2D eigenvalue weighted by Gasteiger charge is -2.12. The summed E-state index contributed by atoms with van der Waals surface area (Å²) >= 11 is 0. The zero-order valence-electron chi connectivity index (χ0n) is 9.35. The van der Waals surface area contributed by atoms with Gasteiger partial charge in [-0.3, -0.25) is 4.79 Å². The van der Waals surface area contributed by atoms with Crippen LogP contribution in [0.4, 0.5) is 0 Å². The van der Waals surface area contributed by atoms with E-state index < -0.39 is 21.9 Å². The summed E-state index contributed by atoms with van der Waals surface area (Å²) in [4.78, 5) is 10.4. The zero-order valence-corrected chi connectivity index (χ0v) is 10.2. The minimum Gasteiger partial charge on any atom is -0.481 e. The Kier molecular flexibility index (Phi) is 7.27. The monoisotopic (exact) mass is 253 g/mol. The second kappa shape index (κ2) is 7.59. The molecular weight excluding hydrogens is 234 g/mol. The van der Waals surface area contributed by atoms with Crippen LogP contribution in [-0.4, -0.2) is 43.5 Å². The highest BCUT2D eigenvalue weighted by Crippen LogP contribution is 2.02. The highest BCUT2D eigenvalue weighted by Gasteiger charge is 2.16. The van der Waals surface area contributed by atoms with Crippen LogP contribution >= 0.6 is 0 Å². The van der Waals surface area contributed by atoms with Crippen molar-refractivity contribution in [2.45, 2.75) is 26.2 Å². The summed E-state index contributed by atoms with van der Waals surface area (Å²) in [5.74, 6) is -1.59. The molecule has 0 saturated carbocycles. The SMILES string of the molecule is CCCCS(=O)(=O)NCC(CO)CC(=O)O. The summed E-state index contributed by atoms with van der Waals surface area (Å²) in [5.41, 5.74) is 0. The largest absolute Gasteiger partial charge is 0.481 e. The molecule has 16 heavy (non-hydrogen) atoms. The number of hydrogen-bond acceptors (Lipinski definition) is 4. The first-order valence-electron chi connectivity index (χ1n) is 5.21. The number of unbranched alkanes of at least 4 members (excludes halogenated alkanes) is 1. The van der Waals surface area contributed by atoms with E-state index in [0.717, 1.165) is 6.42 Å². The quantitative estimate of drug-likeness (QED) is 0.527. The third-order valence-electron chi connectivity index (χ3n) is 2.08. The molecule has 96 valence electrons. The van der Waals surface area contributed by atoms with E-state index in [2.05, 4.69) is 4.72 Å². The van der Waals surface area contributed by atoms with Crippen molar-refractivity contribution in [3.8, 4) is 0 Å². The number of aliphatic hydroxyl groups is 1. The molecule has 0 heterocycles. The third kappa shape index (κ3) is 7.61. The van der Waals surface area contributed by atoms with Gasteiger partial charge in [-0.2, -0.15) is 0 Å². The van der Waals surface area contributed by atoms with Crippen LogP contribution < -0.4 is 4.72 Å². The Morgan fingerprint density at radius 3 is 2.50 bits per heavy atom. The number of carbonyl (C=O) groups is 1. The fraction of sp³-hybridized carbons (Fsp3) is 0.889. The predicted molar refractivity (Wildman–Crippen MR) is 59.5 cm³/mol. The van der Waals surface area contributed by atoms with Gasteiger partial charge in [-0.15, -0.1) is 0 Å². The van der Waals surface area contributed by atoms with Crippen LogP contribution in [0, 0.1) is 5.92 Å². The fourth-order valence-corrected chi connectivity index (χ4v) is 2.40. The minimum absolute atomic E-state index is 0.0329. The Morgan fingerprint density at radius 1 is 1.44 bits per heavy atom. The summed E-state index contributed by atoms with van der Waals surface area (Å²) in [6.07, 6.45) is 1.10. The number of rotatable bonds is 9. The second-order valence-electron chi connectivity index (χ2n) is 3.67. The normalized spacial score (nSPS) is 13.6. The molecule has 0 bridgehead atoms. The molecule has 1 atom stereocenters. The Bertz CT molecular complexity index is 301. The minimum atomic E-state index is -3.34. The average molecular weight is 253 g/mol. The first kappa shape index (κ1) is 15.3. The van der Waals surface area contributed by atoms with Crippen LogP contribution in [0.5, 0.6) is 0 Å². The van der Waals surface area contributed by atoms with Crippen LogP contribution in [-0.2, 0) is 14.8 Å². The number of carboxylic acid groups (broad SMARTS) is 1. The Balaban J connectivity index is 4.04. The van der Waals surface area contributed by atoms with Gasteiger partial charge in [0, 0.05) is 19.1 Å². The fourth-order valence-electron chi connectivity index (χ4n) is 1.10. The molecule has 0 rings (SSSR count). The van der Waals surface area contributed by atoms with E-state index in [1.54, 1.807) is 0 Å². The smallest absolute Gasteiger partial charge is 0.303 e. The van der Waals surface area contributed by atoms with Gasteiger partial charge < -0.3 is 10.2 Å². The standard InChI is InChI=1S/C9H19NO5S/c1-2-3-4-16(14,15)10-6-8(7-11)5-9(12)13/h8,10-11H,2-7H2,1H3,(H,12,13). The predicted octanol–water partition coefficient (Wildman–Crippen LogP) is -0.211. The summed E-state index contributed by atoms with van der Waals surface area (Å²) in [5, 5.41) is 17.3. The maximum absolute atomic E-state index is 11.4. The van der Waals surface area contributed by atoms with Crippen molar-refractivity contribution in [2.24, 2.45) is 5.92 Å². The second-order valence-corrected chi connectivity index (χ2v) is 5.59. The highest BCUT2D eigenvalue weighted by atomic mass is 32.2. The molecule has 6 nitrogen and oxygen atoms in total. The molecule has 0 aliphatic carbocycles. The molecule has 0 aliphatic rings. The molecule has 0 aromatic heterocycles. The van der Waals surface area contributed by atoms with Crippen molar-refractivity contribution >= 4 is 16.0 Å². The molecular formula is C9H19NO5S. The molecule has 0 fully saturated rings. The van der Waals surface area contributed by atoms with Crippen LogP contribution in [0.15, 0.2) is 0 Å². The number of aliphatic hydroxyl groups excluding tert-OH is 1. The molecule has 3 N–H and O–H groups in total. The molecule has 0 saturated heterocycles. The van der Waals surface area contributed by atoms with Gasteiger partial charge in [0.1, 0.15) is 0 Å². The van der Waals surface area contributed by atoms with Gasteiger partial charge in [0.25, 0.3) is 0 Å². The summed E-state index contributed by atoms with van der Waals surface area (Å²) in [6.45, 7) is 1.51. The van der Waals surface area contributed by atoms with Gasteiger partial charge in [0.2, 0.25) is 10.0 Å². The lowest BCUT2D eigenvalue weighted by Crippen LogP contribution is -2.33. The molecule has 0 aromatic carbocycles. The lowest BCUT2D eigenvalue weighted by molar-refractivity contribution is -0.138. The van der Waals surface area contributed by atoms with Gasteiger partial charge in [-0.1, -0.05) is 13.3 Å². The number of aliphatic carboxylic acids is 1. The Labute approximate surface area is 95.7 Å². The van der Waals surface area contributed by atoms with Crippen molar-refractivity contribution in [1.29, 1.82) is 0 Å². The molecule has 0 aromatic rings. The van der Waals surface area contributed by atoms with E-state index in [-0.39, 0.29) is 25.3 Å². The van der Waals surface area contributed by atoms with Gasteiger partial charge in [-0.05, 0) is 6.42 Å². The van der Waals surface area contributed by atoms with Gasteiger partial charge >= 0.3 is 5.97 Å². The first-order valence-corrected chi connectivity index (χ1v) is 6.86. The van der Waals surface area contributed by atoms with E-state index >= 15 is 0 Å². The Morgan fingerprint density at radius 2 is 2.06 bits per heavy atom. The van der Waals surface area contributed by atoms with Crippen LogP contribution in [0.1, 0.15) is 26.2 Å². The summed E-state index contributed by atoms with van der Waals surface area (Å²) in [6, 6.07) is 0. The molecule has 1 unspecified atom stereocenters. The van der Waals surface area contributed by atoms with Crippen LogP contribution in [0.25, 0.3) is 0 Å². The maximum atomic E-state index is 11.4. The van der Waals surface area contributed by atoms with Crippen molar-refractivity contribution in [2.75, 3.05) is 18.9 Å². The molecule has 0 spiro atoms. The molecule has 0 aliphatic heterocycles. The van der Waals surface area contributed by atoms with Crippen LogP contribution in [0.2, 0.25) is 0 Å². The van der Waals surface area contributed by atoms with E-state index in [4.69, 9.17) is 10.2 Å². The lowest BCUT2D eigenvalue weighted by atomic mass is 10.1. The van der Waals surface area contributed by atoms with Crippen molar-refractivity contribution in [3.05, 3.63) is 0 Å². The molecule has 7 heteroatoms. The van der Waals surface area contributed by atoms with Gasteiger partial charge in [-0.25, -0.2) is 13.1 Å².